The lowest BCUT2D eigenvalue weighted by Crippen LogP contribution is -2.05. The lowest BCUT2D eigenvalue weighted by molar-refractivity contribution is -0.0523. The molecule has 0 aromatic heterocycles. The van der Waals surface area contributed by atoms with Gasteiger partial charge in [0.25, 0.3) is 0 Å². The highest BCUT2D eigenvalue weighted by molar-refractivity contribution is 6.17. The van der Waals surface area contributed by atoms with Crippen molar-refractivity contribution in [1.82, 2.24) is 0 Å². The van der Waals surface area contributed by atoms with Crippen LogP contribution in [0.15, 0.2) is 12.1 Å². The second-order valence-corrected chi connectivity index (χ2v) is 2.62. The van der Waals surface area contributed by atoms with E-state index in [0.717, 1.165) is 12.1 Å². The third kappa shape index (κ3) is 2.29. The van der Waals surface area contributed by atoms with Crippen LogP contribution in [0, 0.1) is 11.6 Å². The molecule has 1 nitrogen and oxygen atoms in total. The van der Waals surface area contributed by atoms with E-state index in [1.807, 2.05) is 0 Å². The van der Waals surface area contributed by atoms with E-state index in [-0.39, 0.29) is 0 Å². The fourth-order valence-electron chi connectivity index (χ4n) is 0.886. The summed E-state index contributed by atoms with van der Waals surface area (Å²) in [4.78, 5) is 0. The van der Waals surface area contributed by atoms with Crippen LogP contribution in [0.2, 0.25) is 0 Å². The minimum atomic E-state index is -3.15. The van der Waals surface area contributed by atoms with Crippen molar-refractivity contribution in [1.29, 1.82) is 0 Å². The summed E-state index contributed by atoms with van der Waals surface area (Å²) in [5.41, 5.74) is -0.482. The molecule has 0 bridgehead atoms. The van der Waals surface area contributed by atoms with Crippen LogP contribution in [0.3, 0.4) is 0 Å². The van der Waals surface area contributed by atoms with Gasteiger partial charge in [0.1, 0.15) is 5.82 Å². The Hall–Kier alpha value is -0.970. The van der Waals surface area contributed by atoms with Gasteiger partial charge in [0, 0.05) is 5.56 Å². The van der Waals surface area contributed by atoms with Gasteiger partial charge in [-0.05, 0) is 12.1 Å². The van der Waals surface area contributed by atoms with Gasteiger partial charge in [-0.25, -0.2) is 8.78 Å². The largest absolute Gasteiger partial charge is 0.432 e. The predicted octanol–water partition coefficient (Wildman–Crippen LogP) is 3.31. The molecule has 1 aromatic rings. The molecule has 0 fully saturated rings. The maximum absolute atomic E-state index is 13.1. The Morgan fingerprint density at radius 1 is 1.29 bits per heavy atom. The summed E-state index contributed by atoms with van der Waals surface area (Å²) in [5.74, 6) is -3.24. The van der Waals surface area contributed by atoms with E-state index in [1.54, 1.807) is 0 Å². The Morgan fingerprint density at radius 2 is 1.93 bits per heavy atom. The van der Waals surface area contributed by atoms with Crippen LogP contribution in [0.5, 0.6) is 5.75 Å². The average molecular weight is 229 g/mol. The van der Waals surface area contributed by atoms with Gasteiger partial charge in [0.15, 0.2) is 11.6 Å². The summed E-state index contributed by atoms with van der Waals surface area (Å²) in [5, 5.41) is 0. The van der Waals surface area contributed by atoms with Crippen LogP contribution in [-0.4, -0.2) is 6.61 Å². The molecule has 14 heavy (non-hydrogen) atoms. The van der Waals surface area contributed by atoms with E-state index >= 15 is 0 Å². The van der Waals surface area contributed by atoms with Crippen molar-refractivity contribution in [2.24, 2.45) is 0 Å². The van der Waals surface area contributed by atoms with Crippen LogP contribution < -0.4 is 4.74 Å². The first-order chi connectivity index (χ1) is 6.56. The normalized spacial score (nSPS) is 10.7. The highest BCUT2D eigenvalue weighted by Crippen LogP contribution is 2.25. The third-order valence-corrected chi connectivity index (χ3v) is 1.77. The van der Waals surface area contributed by atoms with Gasteiger partial charge >= 0.3 is 6.61 Å². The molecule has 0 aliphatic carbocycles. The molecule has 0 saturated heterocycles. The SMILES string of the molecule is Fc1ccc(OC(F)F)c(F)c1CCl. The molecule has 0 radical (unpaired) electrons. The van der Waals surface area contributed by atoms with Crippen molar-refractivity contribution in [3.05, 3.63) is 29.3 Å². The molecule has 1 aromatic carbocycles. The highest BCUT2D eigenvalue weighted by Gasteiger charge is 2.16. The van der Waals surface area contributed by atoms with E-state index in [0.29, 0.717) is 0 Å². The fourth-order valence-corrected chi connectivity index (χ4v) is 1.13. The smallest absolute Gasteiger partial charge is 0.387 e. The maximum atomic E-state index is 13.1. The van der Waals surface area contributed by atoms with Crippen molar-refractivity contribution in [2.45, 2.75) is 12.5 Å². The van der Waals surface area contributed by atoms with Gasteiger partial charge in [0.05, 0.1) is 5.88 Å². The van der Waals surface area contributed by atoms with Crippen LogP contribution in [-0.2, 0) is 5.88 Å². The molecule has 0 aliphatic heterocycles. The zero-order valence-corrected chi connectivity index (χ0v) is 7.49. The van der Waals surface area contributed by atoms with Gasteiger partial charge in [0.2, 0.25) is 0 Å². The fraction of sp³-hybridized carbons (Fsp3) is 0.250. The summed E-state index contributed by atoms with van der Waals surface area (Å²) in [6.45, 7) is -3.15. The molecule has 0 saturated carbocycles. The molecule has 0 atom stereocenters. The molecule has 0 aliphatic rings. The first kappa shape index (κ1) is 11.1. The van der Waals surface area contributed by atoms with Crippen molar-refractivity contribution >= 4 is 11.6 Å². The molecule has 0 unspecified atom stereocenters. The van der Waals surface area contributed by atoms with Gasteiger partial charge in [-0.2, -0.15) is 8.78 Å². The summed E-state index contributed by atoms with van der Waals surface area (Å²) in [6.07, 6.45) is 0. The molecule has 1 rings (SSSR count). The van der Waals surface area contributed by atoms with E-state index in [4.69, 9.17) is 11.6 Å². The van der Waals surface area contributed by atoms with Crippen LogP contribution >= 0.6 is 11.6 Å². The van der Waals surface area contributed by atoms with Gasteiger partial charge < -0.3 is 4.74 Å². The van der Waals surface area contributed by atoms with Crippen LogP contribution in [0.25, 0.3) is 0 Å². The number of benzene rings is 1. The Morgan fingerprint density at radius 3 is 2.43 bits per heavy atom. The molecular weight excluding hydrogens is 224 g/mol. The number of rotatable bonds is 3. The van der Waals surface area contributed by atoms with Crippen molar-refractivity contribution < 1.29 is 22.3 Å². The zero-order chi connectivity index (χ0) is 10.7. The summed E-state index contributed by atoms with van der Waals surface area (Å²) >= 11 is 5.22. The second-order valence-electron chi connectivity index (χ2n) is 2.35. The van der Waals surface area contributed by atoms with Crippen molar-refractivity contribution in [3.8, 4) is 5.75 Å². The van der Waals surface area contributed by atoms with E-state index in [2.05, 4.69) is 4.74 Å². The Kier molecular flexibility index (Phi) is 3.57. The predicted molar refractivity (Wildman–Crippen MR) is 42.5 cm³/mol. The number of alkyl halides is 3. The van der Waals surface area contributed by atoms with E-state index in [9.17, 15) is 17.6 Å². The van der Waals surface area contributed by atoms with E-state index < -0.39 is 35.4 Å². The second kappa shape index (κ2) is 4.50. The van der Waals surface area contributed by atoms with Gasteiger partial charge in [-0.15, -0.1) is 11.6 Å². The standard InChI is InChI=1S/C8H5ClF4O/c9-3-4-5(10)1-2-6(7(4)11)14-8(12)13/h1-2,8H,3H2. The molecule has 78 valence electrons. The first-order valence-electron chi connectivity index (χ1n) is 3.54. The monoisotopic (exact) mass is 228 g/mol. The number of ether oxygens (including phenoxy) is 1. The van der Waals surface area contributed by atoms with Crippen molar-refractivity contribution in [3.63, 3.8) is 0 Å². The Balaban J connectivity index is 3.08. The lowest BCUT2D eigenvalue weighted by atomic mass is 10.2. The quantitative estimate of drug-likeness (QED) is 0.570. The highest BCUT2D eigenvalue weighted by atomic mass is 35.5. The molecular formula is C8H5ClF4O. The number of halogens is 5. The molecule has 6 heteroatoms. The van der Waals surface area contributed by atoms with Crippen molar-refractivity contribution in [2.75, 3.05) is 0 Å². The number of hydrogen-bond donors (Lipinski definition) is 0. The average Bonchev–Trinajstić information content (AvgIpc) is 2.10. The first-order valence-corrected chi connectivity index (χ1v) is 4.07. The summed E-state index contributed by atoms with van der Waals surface area (Å²) < 4.78 is 53.2. The van der Waals surface area contributed by atoms with Gasteiger partial charge in [-0.3, -0.25) is 0 Å². The Labute approximate surface area is 82.2 Å². The van der Waals surface area contributed by atoms with Gasteiger partial charge in [-0.1, -0.05) is 0 Å². The lowest BCUT2D eigenvalue weighted by Gasteiger charge is -2.08. The molecule has 0 N–H and O–H groups in total. The minimum absolute atomic E-state index is 0.446. The van der Waals surface area contributed by atoms with Crippen LogP contribution in [0.1, 0.15) is 5.56 Å². The maximum Gasteiger partial charge on any atom is 0.387 e. The zero-order valence-electron chi connectivity index (χ0n) is 6.74. The summed E-state index contributed by atoms with van der Waals surface area (Å²) in [7, 11) is 0. The molecule has 0 heterocycles. The minimum Gasteiger partial charge on any atom is -0.432 e. The van der Waals surface area contributed by atoms with Crippen LogP contribution in [0.4, 0.5) is 17.6 Å². The van der Waals surface area contributed by atoms with E-state index in [1.165, 1.54) is 0 Å². The molecule has 0 amide bonds. The molecule has 0 spiro atoms. The topological polar surface area (TPSA) is 9.23 Å². The third-order valence-electron chi connectivity index (χ3n) is 1.50. The number of hydrogen-bond acceptors (Lipinski definition) is 1. The summed E-state index contributed by atoms with van der Waals surface area (Å²) in [6, 6.07) is 1.60. The Bertz CT molecular complexity index is 329.